The Morgan fingerprint density at radius 2 is 1.97 bits per heavy atom. The van der Waals surface area contributed by atoms with E-state index in [-0.39, 0.29) is 24.5 Å². The molecular formula is C21H21ClFN5O3. The minimum absolute atomic E-state index is 0.0569. The van der Waals surface area contributed by atoms with Gasteiger partial charge < -0.3 is 16.2 Å². The lowest BCUT2D eigenvalue weighted by atomic mass is 9.94. The zero-order valence-corrected chi connectivity index (χ0v) is 17.1. The monoisotopic (exact) mass is 445 g/mol. The third-order valence-electron chi connectivity index (χ3n) is 4.86. The van der Waals surface area contributed by atoms with Gasteiger partial charge in [-0.1, -0.05) is 35.9 Å². The summed E-state index contributed by atoms with van der Waals surface area (Å²) in [5, 5.41) is 22.3. The van der Waals surface area contributed by atoms with Crippen LogP contribution in [-0.4, -0.2) is 45.0 Å². The quantitative estimate of drug-likeness (QED) is 0.400. The van der Waals surface area contributed by atoms with Crippen molar-refractivity contribution < 1.29 is 19.1 Å². The molecule has 0 spiro atoms. The molecule has 1 aromatic heterocycles. The van der Waals surface area contributed by atoms with Gasteiger partial charge in [0.1, 0.15) is 5.82 Å². The molecule has 1 heterocycles. The molecule has 0 aliphatic carbocycles. The molecule has 0 fully saturated rings. The maximum Gasteiger partial charge on any atom is 0.307 e. The van der Waals surface area contributed by atoms with Crippen LogP contribution in [-0.2, 0) is 11.2 Å². The number of aliphatic carboxylic acids is 1. The SMILES string of the molecule is NCC(CC(Cc1ccc(-c2cc(Cl)ccc2F)cc1)NC(=O)c1cn[nH]n1)C(=O)O. The van der Waals surface area contributed by atoms with Crippen molar-refractivity contribution in [2.45, 2.75) is 18.9 Å². The van der Waals surface area contributed by atoms with Gasteiger partial charge in [0.2, 0.25) is 0 Å². The van der Waals surface area contributed by atoms with Crippen molar-refractivity contribution >= 4 is 23.5 Å². The number of hydrogen-bond donors (Lipinski definition) is 4. The van der Waals surface area contributed by atoms with Crippen LogP contribution in [0.15, 0.2) is 48.7 Å². The second-order valence-corrected chi connectivity index (χ2v) is 7.49. The Bertz CT molecular complexity index is 1040. The van der Waals surface area contributed by atoms with E-state index in [2.05, 4.69) is 20.7 Å². The highest BCUT2D eigenvalue weighted by Gasteiger charge is 2.24. The number of nitrogens with zero attached hydrogens (tertiary/aromatic N) is 2. The first-order valence-electron chi connectivity index (χ1n) is 9.51. The Labute approximate surface area is 182 Å². The fraction of sp³-hybridized carbons (Fsp3) is 0.238. The molecule has 10 heteroatoms. The summed E-state index contributed by atoms with van der Waals surface area (Å²) in [5.41, 5.74) is 7.54. The minimum atomic E-state index is -1.03. The summed E-state index contributed by atoms with van der Waals surface area (Å²) in [6.07, 6.45) is 1.77. The summed E-state index contributed by atoms with van der Waals surface area (Å²) < 4.78 is 14.1. The summed E-state index contributed by atoms with van der Waals surface area (Å²) in [6, 6.07) is 10.9. The van der Waals surface area contributed by atoms with Gasteiger partial charge in [-0.25, -0.2) is 4.39 Å². The third kappa shape index (κ3) is 5.87. The molecule has 2 aromatic carbocycles. The zero-order valence-electron chi connectivity index (χ0n) is 16.4. The maximum absolute atomic E-state index is 14.1. The number of nitrogens with two attached hydrogens (primary N) is 1. The molecule has 31 heavy (non-hydrogen) atoms. The average molecular weight is 446 g/mol. The summed E-state index contributed by atoms with van der Waals surface area (Å²) in [5.74, 6) is -2.71. The Hall–Kier alpha value is -3.30. The molecule has 0 aliphatic rings. The van der Waals surface area contributed by atoms with E-state index in [1.807, 2.05) is 0 Å². The van der Waals surface area contributed by atoms with Crippen LogP contribution in [0.25, 0.3) is 11.1 Å². The van der Waals surface area contributed by atoms with Crippen molar-refractivity contribution in [2.24, 2.45) is 11.7 Å². The highest BCUT2D eigenvalue weighted by atomic mass is 35.5. The molecule has 0 saturated carbocycles. The van der Waals surface area contributed by atoms with Gasteiger partial charge in [0.15, 0.2) is 5.69 Å². The Kier molecular flexibility index (Phi) is 7.32. The standard InChI is InChI=1S/C21H21ClFN5O3/c22-15-5-6-18(23)17(9-15)13-3-1-12(2-4-13)7-16(8-14(10-24)21(30)31)26-20(29)19-11-25-28-27-19/h1-6,9,11,14,16H,7-8,10,24H2,(H,26,29)(H,30,31)(H,25,27,28). The van der Waals surface area contributed by atoms with Gasteiger partial charge in [-0.2, -0.15) is 15.4 Å². The lowest BCUT2D eigenvalue weighted by Gasteiger charge is -2.21. The molecule has 3 aromatic rings. The number of hydrogen-bond acceptors (Lipinski definition) is 5. The fourth-order valence-electron chi connectivity index (χ4n) is 3.23. The van der Waals surface area contributed by atoms with Crippen molar-refractivity contribution in [3.8, 4) is 11.1 Å². The largest absolute Gasteiger partial charge is 0.481 e. The maximum atomic E-state index is 14.1. The molecule has 5 N–H and O–H groups in total. The van der Waals surface area contributed by atoms with Crippen molar-refractivity contribution in [3.63, 3.8) is 0 Å². The molecule has 3 rings (SSSR count). The number of nitrogens with one attached hydrogen (secondary N) is 2. The highest BCUT2D eigenvalue weighted by molar-refractivity contribution is 6.30. The molecule has 162 valence electrons. The highest BCUT2D eigenvalue weighted by Crippen LogP contribution is 2.26. The van der Waals surface area contributed by atoms with Gasteiger partial charge in [0.05, 0.1) is 12.1 Å². The van der Waals surface area contributed by atoms with Gasteiger partial charge in [-0.3, -0.25) is 9.59 Å². The van der Waals surface area contributed by atoms with Gasteiger partial charge in [0, 0.05) is 23.2 Å². The Balaban J connectivity index is 1.78. The van der Waals surface area contributed by atoms with Crippen molar-refractivity contribution in [2.75, 3.05) is 6.54 Å². The number of H-pyrrole nitrogens is 1. The fourth-order valence-corrected chi connectivity index (χ4v) is 3.40. The van der Waals surface area contributed by atoms with E-state index in [0.717, 1.165) is 5.56 Å². The summed E-state index contributed by atoms with van der Waals surface area (Å²) in [4.78, 5) is 23.8. The number of carboxylic acids is 1. The van der Waals surface area contributed by atoms with E-state index in [9.17, 15) is 19.1 Å². The average Bonchev–Trinajstić information content (AvgIpc) is 3.29. The van der Waals surface area contributed by atoms with Gasteiger partial charge in [-0.15, -0.1) is 0 Å². The Morgan fingerprint density at radius 3 is 2.58 bits per heavy atom. The van der Waals surface area contributed by atoms with Crippen LogP contribution in [0.5, 0.6) is 0 Å². The molecule has 0 radical (unpaired) electrons. The summed E-state index contributed by atoms with van der Waals surface area (Å²) in [6.45, 7) is -0.0569. The van der Waals surface area contributed by atoms with E-state index in [4.69, 9.17) is 17.3 Å². The van der Waals surface area contributed by atoms with E-state index in [0.29, 0.717) is 22.6 Å². The smallest absolute Gasteiger partial charge is 0.307 e. The van der Waals surface area contributed by atoms with E-state index < -0.39 is 23.8 Å². The van der Waals surface area contributed by atoms with E-state index in [1.54, 1.807) is 30.3 Å². The van der Waals surface area contributed by atoms with Crippen LogP contribution < -0.4 is 11.1 Å². The van der Waals surface area contributed by atoms with Crippen LogP contribution in [0.4, 0.5) is 4.39 Å². The van der Waals surface area contributed by atoms with E-state index >= 15 is 0 Å². The predicted octanol–water partition coefficient (Wildman–Crippen LogP) is 2.65. The van der Waals surface area contributed by atoms with Crippen molar-refractivity contribution in [1.82, 2.24) is 20.7 Å². The number of rotatable bonds is 9. The first kappa shape index (κ1) is 22.4. The number of aromatic amines is 1. The number of benzene rings is 2. The van der Waals surface area contributed by atoms with Gasteiger partial charge in [-0.05, 0) is 42.2 Å². The number of carbonyl (C=O) groups excluding carboxylic acids is 1. The molecule has 0 bridgehead atoms. The first-order valence-corrected chi connectivity index (χ1v) is 9.89. The van der Waals surface area contributed by atoms with Crippen LogP contribution in [0.2, 0.25) is 5.02 Å². The lowest BCUT2D eigenvalue weighted by molar-refractivity contribution is -0.141. The zero-order chi connectivity index (χ0) is 22.4. The Morgan fingerprint density at radius 1 is 1.23 bits per heavy atom. The van der Waals surface area contributed by atoms with Crippen LogP contribution in [0, 0.1) is 11.7 Å². The number of aromatic nitrogens is 3. The molecule has 2 unspecified atom stereocenters. The van der Waals surface area contributed by atoms with Gasteiger partial charge >= 0.3 is 5.97 Å². The normalized spacial score (nSPS) is 12.9. The first-order chi connectivity index (χ1) is 14.9. The summed E-state index contributed by atoms with van der Waals surface area (Å²) >= 11 is 5.97. The molecule has 8 nitrogen and oxygen atoms in total. The summed E-state index contributed by atoms with van der Waals surface area (Å²) in [7, 11) is 0. The van der Waals surface area contributed by atoms with E-state index in [1.165, 1.54) is 18.3 Å². The number of amides is 1. The molecular weight excluding hydrogens is 425 g/mol. The van der Waals surface area contributed by atoms with Crippen LogP contribution >= 0.6 is 11.6 Å². The number of carbonyl (C=O) groups is 2. The lowest BCUT2D eigenvalue weighted by Crippen LogP contribution is -2.40. The van der Waals surface area contributed by atoms with Crippen molar-refractivity contribution in [3.05, 3.63) is 70.8 Å². The molecule has 0 saturated heterocycles. The number of carboxylic acid groups (broad SMARTS) is 1. The molecule has 1 amide bonds. The van der Waals surface area contributed by atoms with Gasteiger partial charge in [0.25, 0.3) is 5.91 Å². The minimum Gasteiger partial charge on any atom is -0.481 e. The second kappa shape index (κ2) is 10.1. The third-order valence-corrected chi connectivity index (χ3v) is 5.10. The topological polar surface area (TPSA) is 134 Å². The van der Waals surface area contributed by atoms with Crippen molar-refractivity contribution in [1.29, 1.82) is 0 Å². The van der Waals surface area contributed by atoms with Crippen LogP contribution in [0.3, 0.4) is 0 Å². The molecule has 0 aliphatic heterocycles. The predicted molar refractivity (Wildman–Crippen MR) is 113 cm³/mol. The second-order valence-electron chi connectivity index (χ2n) is 7.06. The molecule has 2 atom stereocenters. The van der Waals surface area contributed by atoms with Crippen LogP contribution in [0.1, 0.15) is 22.5 Å². The number of halogens is 2.